The minimum absolute atomic E-state index is 0.0587. The summed E-state index contributed by atoms with van der Waals surface area (Å²) in [7, 11) is 5.30. The number of aromatic nitrogens is 1. The van der Waals surface area contributed by atoms with Crippen molar-refractivity contribution in [2.45, 2.75) is 6.04 Å². The fourth-order valence-electron chi connectivity index (χ4n) is 3.80. The third kappa shape index (κ3) is 4.03. The van der Waals surface area contributed by atoms with Gasteiger partial charge in [-0.1, -0.05) is 17.7 Å². The van der Waals surface area contributed by atoms with Crippen LogP contribution in [0.1, 0.15) is 17.3 Å². The third-order valence-corrected chi connectivity index (χ3v) is 5.78. The Hall–Kier alpha value is -3.84. The first-order valence-corrected chi connectivity index (χ1v) is 10.5. The highest BCUT2D eigenvalue weighted by molar-refractivity contribution is 6.51. The fraction of sp³-hybridized carbons (Fsp3) is 0.160. The molecule has 4 rings (SSSR count). The van der Waals surface area contributed by atoms with E-state index >= 15 is 0 Å². The number of nitrogens with zero attached hydrogens (tertiary/aromatic N) is 3. The van der Waals surface area contributed by atoms with E-state index in [-0.39, 0.29) is 16.4 Å². The molecule has 3 aromatic rings. The van der Waals surface area contributed by atoms with Gasteiger partial charge in [0.05, 0.1) is 23.4 Å². The molecule has 0 radical (unpaired) electrons. The van der Waals surface area contributed by atoms with Crippen LogP contribution in [-0.2, 0) is 9.59 Å². The summed E-state index contributed by atoms with van der Waals surface area (Å²) in [6, 6.07) is 16.2. The van der Waals surface area contributed by atoms with Crippen LogP contribution in [0.4, 0.5) is 11.4 Å². The SMILES string of the molecule is COc1ccc(/C(O)=C2/C(=O)C(=O)N(c3ccc(N(C)C)cc3)C2c2ccccn2)cc1Cl. The van der Waals surface area contributed by atoms with Crippen molar-refractivity contribution in [2.24, 2.45) is 0 Å². The summed E-state index contributed by atoms with van der Waals surface area (Å²) in [6.07, 6.45) is 1.58. The van der Waals surface area contributed by atoms with Gasteiger partial charge in [0.25, 0.3) is 11.7 Å². The molecule has 1 unspecified atom stereocenters. The highest BCUT2D eigenvalue weighted by Gasteiger charge is 2.47. The van der Waals surface area contributed by atoms with Crippen molar-refractivity contribution < 1.29 is 19.4 Å². The topological polar surface area (TPSA) is 83.0 Å². The van der Waals surface area contributed by atoms with Gasteiger partial charge in [-0.25, -0.2) is 0 Å². The van der Waals surface area contributed by atoms with Gasteiger partial charge in [0.1, 0.15) is 17.6 Å². The number of methoxy groups -OCH3 is 1. The predicted molar refractivity (Wildman–Crippen MR) is 128 cm³/mol. The molecule has 8 heteroatoms. The Morgan fingerprint density at radius 1 is 1.09 bits per heavy atom. The summed E-state index contributed by atoms with van der Waals surface area (Å²) < 4.78 is 5.16. The van der Waals surface area contributed by atoms with E-state index in [1.54, 1.807) is 48.7 Å². The molecule has 168 valence electrons. The molecule has 2 heterocycles. The molecule has 1 amide bonds. The number of aliphatic hydroxyl groups excluding tert-OH is 1. The van der Waals surface area contributed by atoms with Gasteiger partial charge in [-0.2, -0.15) is 0 Å². The first-order chi connectivity index (χ1) is 15.8. The number of rotatable bonds is 5. The summed E-state index contributed by atoms with van der Waals surface area (Å²) >= 11 is 6.23. The average Bonchev–Trinajstić information content (AvgIpc) is 3.09. The van der Waals surface area contributed by atoms with Crippen molar-refractivity contribution in [1.29, 1.82) is 0 Å². The standard InChI is InChI=1S/C25H22ClN3O4/c1-28(2)16-8-10-17(11-9-16)29-22(19-6-4-5-13-27-19)21(24(31)25(29)32)23(30)15-7-12-20(33-3)18(26)14-15/h4-14,22,30H,1-3H3/b23-21-. The molecule has 0 spiro atoms. The Morgan fingerprint density at radius 2 is 1.82 bits per heavy atom. The molecule has 1 saturated heterocycles. The van der Waals surface area contributed by atoms with Crippen LogP contribution < -0.4 is 14.5 Å². The first-order valence-electron chi connectivity index (χ1n) is 10.2. The van der Waals surface area contributed by atoms with E-state index in [1.807, 2.05) is 31.1 Å². The van der Waals surface area contributed by atoms with Crippen LogP contribution in [0.3, 0.4) is 0 Å². The number of pyridine rings is 1. The van der Waals surface area contributed by atoms with Gasteiger partial charge in [0, 0.05) is 37.2 Å². The molecule has 1 fully saturated rings. The maximum absolute atomic E-state index is 13.2. The molecule has 1 atom stereocenters. The van der Waals surface area contributed by atoms with E-state index in [2.05, 4.69) is 4.98 Å². The Bertz CT molecular complexity index is 1240. The fourth-order valence-corrected chi connectivity index (χ4v) is 4.05. The summed E-state index contributed by atoms with van der Waals surface area (Å²) in [4.78, 5) is 34.0. The Labute approximate surface area is 196 Å². The van der Waals surface area contributed by atoms with Crippen molar-refractivity contribution in [3.8, 4) is 5.75 Å². The molecule has 0 bridgehead atoms. The van der Waals surface area contributed by atoms with Crippen LogP contribution in [0.5, 0.6) is 5.75 Å². The van der Waals surface area contributed by atoms with Crippen molar-refractivity contribution >= 4 is 40.4 Å². The van der Waals surface area contributed by atoms with Gasteiger partial charge >= 0.3 is 0 Å². The summed E-state index contributed by atoms with van der Waals surface area (Å²) in [5.74, 6) is -1.45. The molecular formula is C25H22ClN3O4. The lowest BCUT2D eigenvalue weighted by molar-refractivity contribution is -0.132. The Balaban J connectivity index is 1.89. The first kappa shape index (κ1) is 22.4. The second-order valence-electron chi connectivity index (χ2n) is 7.68. The molecule has 33 heavy (non-hydrogen) atoms. The van der Waals surface area contributed by atoms with E-state index in [4.69, 9.17) is 16.3 Å². The number of halogens is 1. The van der Waals surface area contributed by atoms with Crippen molar-refractivity contribution in [3.63, 3.8) is 0 Å². The number of anilines is 2. The lowest BCUT2D eigenvalue weighted by Gasteiger charge is -2.25. The van der Waals surface area contributed by atoms with Crippen LogP contribution >= 0.6 is 11.6 Å². The zero-order chi connectivity index (χ0) is 23.7. The van der Waals surface area contributed by atoms with Crippen molar-refractivity contribution in [2.75, 3.05) is 31.0 Å². The molecule has 7 nitrogen and oxygen atoms in total. The lowest BCUT2D eigenvalue weighted by atomic mass is 9.98. The van der Waals surface area contributed by atoms with Gasteiger partial charge in [-0.15, -0.1) is 0 Å². The Kier molecular flexibility index (Phi) is 6.07. The predicted octanol–water partition coefficient (Wildman–Crippen LogP) is 4.44. The number of aliphatic hydroxyl groups is 1. The van der Waals surface area contributed by atoms with Gasteiger partial charge in [0.2, 0.25) is 0 Å². The molecule has 1 aliphatic heterocycles. The van der Waals surface area contributed by atoms with Gasteiger partial charge in [-0.3, -0.25) is 19.5 Å². The summed E-state index contributed by atoms with van der Waals surface area (Å²) in [6.45, 7) is 0. The number of Topliss-reactive ketones (excluding diaryl/α,β-unsaturated/α-hetero) is 1. The number of benzene rings is 2. The van der Waals surface area contributed by atoms with Gasteiger partial charge in [0.15, 0.2) is 0 Å². The number of ether oxygens (including phenoxy) is 1. The van der Waals surface area contributed by atoms with Crippen LogP contribution in [0, 0.1) is 0 Å². The van der Waals surface area contributed by atoms with E-state index in [1.165, 1.54) is 18.1 Å². The minimum Gasteiger partial charge on any atom is -0.507 e. The highest BCUT2D eigenvalue weighted by atomic mass is 35.5. The highest BCUT2D eigenvalue weighted by Crippen LogP contribution is 2.42. The second kappa shape index (κ2) is 8.96. The number of carbonyl (C=O) groups is 2. The number of hydrogen-bond acceptors (Lipinski definition) is 6. The number of carbonyl (C=O) groups excluding carboxylic acids is 2. The van der Waals surface area contributed by atoms with Crippen LogP contribution in [0.25, 0.3) is 5.76 Å². The normalized spacial score (nSPS) is 17.3. The molecule has 0 aliphatic carbocycles. The van der Waals surface area contributed by atoms with Crippen molar-refractivity contribution in [1.82, 2.24) is 4.98 Å². The van der Waals surface area contributed by atoms with Gasteiger partial charge < -0.3 is 14.7 Å². The Morgan fingerprint density at radius 3 is 2.39 bits per heavy atom. The molecule has 1 aromatic heterocycles. The average molecular weight is 464 g/mol. The molecule has 0 saturated carbocycles. The number of ketones is 1. The zero-order valence-corrected chi connectivity index (χ0v) is 19.1. The third-order valence-electron chi connectivity index (χ3n) is 5.48. The molecule has 1 N–H and O–H groups in total. The van der Waals surface area contributed by atoms with Crippen LogP contribution in [-0.4, -0.2) is 43.0 Å². The van der Waals surface area contributed by atoms with E-state index in [0.717, 1.165) is 5.69 Å². The maximum atomic E-state index is 13.2. The quantitative estimate of drug-likeness (QED) is 0.342. The molecule has 2 aromatic carbocycles. The summed E-state index contributed by atoms with van der Waals surface area (Å²) in [5.41, 5.74) is 2.15. The largest absolute Gasteiger partial charge is 0.507 e. The van der Waals surface area contributed by atoms with E-state index < -0.39 is 17.7 Å². The monoisotopic (exact) mass is 463 g/mol. The van der Waals surface area contributed by atoms with Gasteiger partial charge in [-0.05, 0) is 54.6 Å². The zero-order valence-electron chi connectivity index (χ0n) is 18.3. The van der Waals surface area contributed by atoms with Crippen molar-refractivity contribution in [3.05, 3.63) is 88.7 Å². The minimum atomic E-state index is -0.905. The number of amides is 1. The number of hydrogen-bond donors (Lipinski definition) is 1. The molecule has 1 aliphatic rings. The van der Waals surface area contributed by atoms with Crippen LogP contribution in [0.15, 0.2) is 72.4 Å². The lowest BCUT2D eigenvalue weighted by Crippen LogP contribution is -2.29. The molecular weight excluding hydrogens is 442 g/mol. The van der Waals surface area contributed by atoms with Crippen LogP contribution in [0.2, 0.25) is 5.02 Å². The summed E-state index contributed by atoms with van der Waals surface area (Å²) in [5, 5.41) is 11.4. The second-order valence-corrected chi connectivity index (χ2v) is 8.09. The van der Waals surface area contributed by atoms with E-state index in [0.29, 0.717) is 22.7 Å². The smallest absolute Gasteiger partial charge is 0.300 e. The maximum Gasteiger partial charge on any atom is 0.300 e. The van der Waals surface area contributed by atoms with E-state index in [9.17, 15) is 14.7 Å².